The molecule has 1 aliphatic heterocycles. The van der Waals surface area contributed by atoms with Gasteiger partial charge in [-0.25, -0.2) is 4.39 Å². The van der Waals surface area contributed by atoms with E-state index in [9.17, 15) is 9.18 Å². The summed E-state index contributed by atoms with van der Waals surface area (Å²) >= 11 is 0. The number of carbonyl (C=O) groups is 1. The Morgan fingerprint density at radius 3 is 2.43 bits per heavy atom. The largest absolute Gasteiger partial charge is 0.280 e. The molecule has 1 aliphatic rings. The summed E-state index contributed by atoms with van der Waals surface area (Å²) in [5, 5.41) is 5.59. The number of amides is 1. The summed E-state index contributed by atoms with van der Waals surface area (Å²) in [6, 6.07) is 15.5. The van der Waals surface area contributed by atoms with Crippen molar-refractivity contribution in [3.8, 4) is 0 Å². The van der Waals surface area contributed by atoms with Gasteiger partial charge >= 0.3 is 0 Å². The average Bonchev–Trinajstić information content (AvgIpc) is 2.78. The summed E-state index contributed by atoms with van der Waals surface area (Å²) in [5.41, 5.74) is 2.06. The predicted molar refractivity (Wildman–Crippen MR) is 81.4 cm³/mol. The van der Waals surface area contributed by atoms with Crippen molar-refractivity contribution in [3.63, 3.8) is 0 Å². The standard InChI is InChI=1S/C17H13FN2O/c1-12-15(11-13-7-5-6-10-16(13)18)17(21)20(19-12)14-8-3-2-4-9-14/h2-11H,1H3/b15-11-. The molecule has 21 heavy (non-hydrogen) atoms. The third kappa shape index (κ3) is 2.48. The molecule has 0 bridgehead atoms. The molecule has 0 saturated carbocycles. The molecule has 0 radical (unpaired) electrons. The number of halogens is 1. The van der Waals surface area contributed by atoms with Crippen LogP contribution in [0.25, 0.3) is 6.08 Å². The number of nitrogens with zero attached hydrogens (tertiary/aromatic N) is 2. The molecule has 0 aromatic heterocycles. The molecule has 0 saturated heterocycles. The lowest BCUT2D eigenvalue weighted by atomic mass is 10.1. The van der Waals surface area contributed by atoms with Crippen LogP contribution in [0.1, 0.15) is 12.5 Å². The lowest BCUT2D eigenvalue weighted by Crippen LogP contribution is -2.21. The van der Waals surface area contributed by atoms with Gasteiger partial charge in [-0.15, -0.1) is 0 Å². The Kier molecular flexibility index (Phi) is 3.36. The van der Waals surface area contributed by atoms with Crippen molar-refractivity contribution in [2.75, 3.05) is 5.01 Å². The van der Waals surface area contributed by atoms with E-state index >= 15 is 0 Å². The Morgan fingerprint density at radius 2 is 1.71 bits per heavy atom. The fraction of sp³-hybridized carbons (Fsp3) is 0.0588. The van der Waals surface area contributed by atoms with E-state index in [1.807, 2.05) is 18.2 Å². The Hall–Kier alpha value is -2.75. The van der Waals surface area contributed by atoms with Crippen molar-refractivity contribution in [1.82, 2.24) is 0 Å². The second-order valence-corrected chi connectivity index (χ2v) is 4.72. The molecule has 1 heterocycles. The van der Waals surface area contributed by atoms with E-state index < -0.39 is 0 Å². The van der Waals surface area contributed by atoms with Gasteiger partial charge in [-0.3, -0.25) is 4.79 Å². The SMILES string of the molecule is CC1=NN(c2ccccc2)C(=O)/C1=C\c1ccccc1F. The first-order valence-corrected chi connectivity index (χ1v) is 6.58. The monoisotopic (exact) mass is 280 g/mol. The Balaban J connectivity index is 1.98. The molecule has 4 heteroatoms. The normalized spacial score (nSPS) is 16.5. The first kappa shape index (κ1) is 13.2. The summed E-state index contributed by atoms with van der Waals surface area (Å²) in [5.74, 6) is -0.606. The van der Waals surface area contributed by atoms with E-state index in [2.05, 4.69) is 5.10 Å². The van der Waals surface area contributed by atoms with E-state index in [-0.39, 0.29) is 11.7 Å². The van der Waals surface area contributed by atoms with Crippen LogP contribution in [-0.4, -0.2) is 11.6 Å². The fourth-order valence-corrected chi connectivity index (χ4v) is 2.18. The minimum Gasteiger partial charge on any atom is -0.267 e. The number of hydrogen-bond acceptors (Lipinski definition) is 2. The van der Waals surface area contributed by atoms with E-state index in [0.29, 0.717) is 22.5 Å². The van der Waals surface area contributed by atoms with Crippen molar-refractivity contribution >= 4 is 23.4 Å². The quantitative estimate of drug-likeness (QED) is 0.773. The molecule has 1 amide bonds. The second-order valence-electron chi connectivity index (χ2n) is 4.72. The fourth-order valence-electron chi connectivity index (χ4n) is 2.18. The van der Waals surface area contributed by atoms with Crippen molar-refractivity contribution < 1.29 is 9.18 Å². The van der Waals surface area contributed by atoms with Gasteiger partial charge in [0.1, 0.15) is 5.82 Å². The van der Waals surface area contributed by atoms with Crippen molar-refractivity contribution in [3.05, 3.63) is 71.6 Å². The number of para-hydroxylation sites is 1. The minimum atomic E-state index is -0.358. The van der Waals surface area contributed by atoms with Crippen LogP contribution in [0.2, 0.25) is 0 Å². The first-order valence-electron chi connectivity index (χ1n) is 6.58. The zero-order chi connectivity index (χ0) is 14.8. The molecule has 104 valence electrons. The molecule has 0 spiro atoms. The molecule has 2 aromatic carbocycles. The number of carbonyl (C=O) groups excluding carboxylic acids is 1. The van der Waals surface area contributed by atoms with Gasteiger partial charge < -0.3 is 0 Å². The van der Waals surface area contributed by atoms with Crippen LogP contribution >= 0.6 is 0 Å². The molecular formula is C17H13FN2O. The average molecular weight is 280 g/mol. The number of hydrogen-bond donors (Lipinski definition) is 0. The van der Waals surface area contributed by atoms with Crippen molar-refractivity contribution in [1.29, 1.82) is 0 Å². The van der Waals surface area contributed by atoms with E-state index in [1.165, 1.54) is 11.1 Å². The van der Waals surface area contributed by atoms with Gasteiger partial charge in [0.2, 0.25) is 0 Å². The smallest absolute Gasteiger partial charge is 0.267 e. The van der Waals surface area contributed by atoms with Crippen LogP contribution in [0.15, 0.2) is 65.3 Å². The summed E-state index contributed by atoms with van der Waals surface area (Å²) in [4.78, 5) is 12.5. The number of hydrazone groups is 1. The van der Waals surface area contributed by atoms with E-state index in [4.69, 9.17) is 0 Å². The highest BCUT2D eigenvalue weighted by Crippen LogP contribution is 2.25. The van der Waals surface area contributed by atoms with Crippen LogP contribution in [0.3, 0.4) is 0 Å². The minimum absolute atomic E-state index is 0.248. The summed E-state index contributed by atoms with van der Waals surface area (Å²) in [7, 11) is 0. The van der Waals surface area contributed by atoms with E-state index in [0.717, 1.165) is 0 Å². The number of rotatable bonds is 2. The molecule has 0 atom stereocenters. The lowest BCUT2D eigenvalue weighted by molar-refractivity contribution is -0.114. The van der Waals surface area contributed by atoms with Crippen LogP contribution in [0.5, 0.6) is 0 Å². The molecule has 0 N–H and O–H groups in total. The van der Waals surface area contributed by atoms with Crippen LogP contribution < -0.4 is 5.01 Å². The van der Waals surface area contributed by atoms with Gasteiger partial charge in [-0.05, 0) is 31.2 Å². The van der Waals surface area contributed by atoms with Gasteiger partial charge in [-0.2, -0.15) is 10.1 Å². The molecule has 0 aliphatic carbocycles. The zero-order valence-corrected chi connectivity index (χ0v) is 11.5. The molecule has 0 unspecified atom stereocenters. The highest BCUT2D eigenvalue weighted by Gasteiger charge is 2.28. The maximum absolute atomic E-state index is 13.7. The number of benzene rings is 2. The van der Waals surface area contributed by atoms with Gasteiger partial charge in [0.15, 0.2) is 0 Å². The molecule has 3 rings (SSSR count). The molecular weight excluding hydrogens is 267 g/mol. The Bertz CT molecular complexity index is 750. The summed E-state index contributed by atoms with van der Waals surface area (Å²) < 4.78 is 13.7. The summed E-state index contributed by atoms with van der Waals surface area (Å²) in [6.07, 6.45) is 1.54. The summed E-state index contributed by atoms with van der Waals surface area (Å²) in [6.45, 7) is 1.74. The van der Waals surface area contributed by atoms with Crippen molar-refractivity contribution in [2.24, 2.45) is 5.10 Å². The maximum atomic E-state index is 13.7. The maximum Gasteiger partial charge on any atom is 0.280 e. The van der Waals surface area contributed by atoms with Crippen LogP contribution in [0, 0.1) is 5.82 Å². The molecule has 2 aromatic rings. The van der Waals surface area contributed by atoms with Gasteiger partial charge in [0.25, 0.3) is 5.91 Å². The van der Waals surface area contributed by atoms with Crippen LogP contribution in [-0.2, 0) is 4.79 Å². The zero-order valence-electron chi connectivity index (χ0n) is 11.5. The highest BCUT2D eigenvalue weighted by molar-refractivity contribution is 6.32. The molecule has 3 nitrogen and oxygen atoms in total. The highest BCUT2D eigenvalue weighted by atomic mass is 19.1. The van der Waals surface area contributed by atoms with Gasteiger partial charge in [0.05, 0.1) is 17.0 Å². The third-order valence-corrected chi connectivity index (χ3v) is 3.27. The topological polar surface area (TPSA) is 32.7 Å². The van der Waals surface area contributed by atoms with Gasteiger partial charge in [0, 0.05) is 5.56 Å². The second kappa shape index (κ2) is 5.32. The number of anilines is 1. The predicted octanol–water partition coefficient (Wildman–Crippen LogP) is 3.63. The molecule has 0 fully saturated rings. The van der Waals surface area contributed by atoms with Crippen LogP contribution in [0.4, 0.5) is 10.1 Å². The van der Waals surface area contributed by atoms with E-state index in [1.54, 1.807) is 43.3 Å². The Morgan fingerprint density at radius 1 is 1.05 bits per heavy atom. The Labute approximate surface area is 122 Å². The lowest BCUT2D eigenvalue weighted by Gasteiger charge is -2.11. The third-order valence-electron chi connectivity index (χ3n) is 3.27. The van der Waals surface area contributed by atoms with Crippen molar-refractivity contribution in [2.45, 2.75) is 6.92 Å². The first-order chi connectivity index (χ1) is 10.2. The van der Waals surface area contributed by atoms with Gasteiger partial charge in [-0.1, -0.05) is 36.4 Å².